The number of aryl methyl sites for hydroxylation is 1. The second-order valence-corrected chi connectivity index (χ2v) is 3.49. The highest BCUT2D eigenvalue weighted by Crippen LogP contribution is 2.06. The maximum atomic E-state index is 9.01. The number of aromatic nitrogens is 1. The van der Waals surface area contributed by atoms with Crippen molar-refractivity contribution in [3.8, 4) is 0 Å². The van der Waals surface area contributed by atoms with Gasteiger partial charge in [-0.15, -0.1) is 6.58 Å². The molecule has 78 valence electrons. The third-order valence-electron chi connectivity index (χ3n) is 2.39. The summed E-state index contributed by atoms with van der Waals surface area (Å²) in [5, 5.41) is 9.01. The number of nitrogens with zero attached hydrogens (tertiary/aromatic N) is 1. The van der Waals surface area contributed by atoms with Crippen LogP contribution in [-0.4, -0.2) is 9.67 Å². The van der Waals surface area contributed by atoms with Gasteiger partial charge in [-0.25, -0.2) is 0 Å². The third kappa shape index (κ3) is 3.38. The first-order valence-corrected chi connectivity index (χ1v) is 5.24. The Morgan fingerprint density at radius 2 is 2.21 bits per heavy atom. The first kappa shape index (κ1) is 11.1. The van der Waals surface area contributed by atoms with Gasteiger partial charge in [-0.1, -0.05) is 12.5 Å². The highest BCUT2D eigenvalue weighted by atomic mass is 16.3. The molecule has 0 aromatic carbocycles. The van der Waals surface area contributed by atoms with E-state index in [2.05, 4.69) is 11.1 Å². The Kier molecular flexibility index (Phi) is 5.08. The number of aliphatic hydroxyl groups is 1. The lowest BCUT2D eigenvalue weighted by Gasteiger charge is -2.06. The zero-order valence-corrected chi connectivity index (χ0v) is 8.65. The topological polar surface area (TPSA) is 25.2 Å². The fourth-order valence-electron chi connectivity index (χ4n) is 1.56. The van der Waals surface area contributed by atoms with E-state index in [0.717, 1.165) is 18.7 Å². The van der Waals surface area contributed by atoms with Crippen molar-refractivity contribution in [3.63, 3.8) is 0 Å². The molecule has 0 spiro atoms. The van der Waals surface area contributed by atoms with Crippen molar-refractivity contribution in [2.24, 2.45) is 0 Å². The number of hydrogen-bond acceptors (Lipinski definition) is 1. The fourth-order valence-corrected chi connectivity index (χ4v) is 1.56. The zero-order valence-electron chi connectivity index (χ0n) is 8.65. The molecule has 0 aliphatic carbocycles. The Morgan fingerprint density at radius 3 is 2.93 bits per heavy atom. The van der Waals surface area contributed by atoms with E-state index in [4.69, 9.17) is 5.11 Å². The quantitative estimate of drug-likeness (QED) is 0.523. The van der Waals surface area contributed by atoms with Gasteiger partial charge in [-0.2, -0.15) is 0 Å². The van der Waals surface area contributed by atoms with E-state index >= 15 is 0 Å². The molecule has 1 aromatic heterocycles. The standard InChI is InChI=1S/C12H19NO/c1-2-3-4-5-6-9-13-10-7-8-12(13)11-14/h2,7-8,10,14H,1,3-6,9,11H2. The first-order chi connectivity index (χ1) is 6.88. The van der Waals surface area contributed by atoms with Crippen LogP contribution in [0.15, 0.2) is 31.0 Å². The molecule has 0 saturated carbocycles. The Bertz CT molecular complexity index is 265. The Morgan fingerprint density at radius 1 is 1.36 bits per heavy atom. The summed E-state index contributed by atoms with van der Waals surface area (Å²) in [5.74, 6) is 0. The fraction of sp³-hybridized carbons (Fsp3) is 0.500. The number of rotatable bonds is 7. The summed E-state index contributed by atoms with van der Waals surface area (Å²) in [5.41, 5.74) is 1.01. The molecule has 1 heterocycles. The molecule has 14 heavy (non-hydrogen) atoms. The number of aliphatic hydroxyl groups excluding tert-OH is 1. The largest absolute Gasteiger partial charge is 0.390 e. The highest BCUT2D eigenvalue weighted by Gasteiger charge is 1.97. The van der Waals surface area contributed by atoms with E-state index in [1.807, 2.05) is 24.4 Å². The summed E-state index contributed by atoms with van der Waals surface area (Å²) in [4.78, 5) is 0. The molecule has 0 saturated heterocycles. The van der Waals surface area contributed by atoms with Crippen LogP contribution < -0.4 is 0 Å². The molecule has 2 nitrogen and oxygen atoms in total. The van der Waals surface area contributed by atoms with Crippen molar-refractivity contribution in [1.29, 1.82) is 0 Å². The number of unbranched alkanes of at least 4 members (excludes halogenated alkanes) is 3. The van der Waals surface area contributed by atoms with Gasteiger partial charge in [0.05, 0.1) is 6.61 Å². The van der Waals surface area contributed by atoms with Gasteiger partial charge < -0.3 is 9.67 Å². The average Bonchev–Trinajstić information content (AvgIpc) is 2.65. The van der Waals surface area contributed by atoms with Gasteiger partial charge in [-0.05, 0) is 31.4 Å². The van der Waals surface area contributed by atoms with Crippen LogP contribution >= 0.6 is 0 Å². The van der Waals surface area contributed by atoms with E-state index < -0.39 is 0 Å². The van der Waals surface area contributed by atoms with E-state index in [1.165, 1.54) is 19.3 Å². The molecule has 0 amide bonds. The molecule has 1 rings (SSSR count). The van der Waals surface area contributed by atoms with Gasteiger partial charge in [0.25, 0.3) is 0 Å². The highest BCUT2D eigenvalue weighted by molar-refractivity contribution is 5.05. The zero-order chi connectivity index (χ0) is 10.2. The van der Waals surface area contributed by atoms with Gasteiger partial charge >= 0.3 is 0 Å². The van der Waals surface area contributed by atoms with Crippen molar-refractivity contribution in [2.75, 3.05) is 0 Å². The summed E-state index contributed by atoms with van der Waals surface area (Å²) >= 11 is 0. The second kappa shape index (κ2) is 6.44. The van der Waals surface area contributed by atoms with Gasteiger partial charge in [0.15, 0.2) is 0 Å². The molecule has 0 aliphatic heterocycles. The minimum absolute atomic E-state index is 0.139. The molecule has 2 heteroatoms. The molecule has 0 atom stereocenters. The summed E-state index contributed by atoms with van der Waals surface area (Å²) in [7, 11) is 0. The van der Waals surface area contributed by atoms with E-state index in [0.29, 0.717) is 0 Å². The normalized spacial score (nSPS) is 10.4. The van der Waals surface area contributed by atoms with Crippen LogP contribution in [0.4, 0.5) is 0 Å². The van der Waals surface area contributed by atoms with E-state index in [-0.39, 0.29) is 6.61 Å². The SMILES string of the molecule is C=CCCCCCn1cccc1CO. The Hall–Kier alpha value is -1.02. The average molecular weight is 193 g/mol. The van der Waals surface area contributed by atoms with Crippen LogP contribution in [0.3, 0.4) is 0 Å². The van der Waals surface area contributed by atoms with Crippen LogP contribution in [0.1, 0.15) is 31.4 Å². The van der Waals surface area contributed by atoms with Crippen molar-refractivity contribution < 1.29 is 5.11 Å². The Labute approximate surface area is 85.9 Å². The minimum Gasteiger partial charge on any atom is -0.390 e. The van der Waals surface area contributed by atoms with Gasteiger partial charge in [0, 0.05) is 18.4 Å². The van der Waals surface area contributed by atoms with E-state index in [9.17, 15) is 0 Å². The van der Waals surface area contributed by atoms with Gasteiger partial charge in [-0.3, -0.25) is 0 Å². The molecule has 1 aromatic rings. The smallest absolute Gasteiger partial charge is 0.0832 e. The van der Waals surface area contributed by atoms with Crippen LogP contribution in [0.5, 0.6) is 0 Å². The van der Waals surface area contributed by atoms with Gasteiger partial charge in [0.1, 0.15) is 0 Å². The van der Waals surface area contributed by atoms with Crippen molar-refractivity contribution >= 4 is 0 Å². The summed E-state index contributed by atoms with van der Waals surface area (Å²) in [6, 6.07) is 3.94. The maximum Gasteiger partial charge on any atom is 0.0832 e. The lowest BCUT2D eigenvalue weighted by molar-refractivity contribution is 0.270. The predicted molar refractivity (Wildman–Crippen MR) is 59.0 cm³/mol. The number of hydrogen-bond donors (Lipinski definition) is 1. The third-order valence-corrected chi connectivity index (χ3v) is 2.39. The summed E-state index contributed by atoms with van der Waals surface area (Å²) in [6.45, 7) is 4.85. The minimum atomic E-state index is 0.139. The number of allylic oxidation sites excluding steroid dienone is 1. The summed E-state index contributed by atoms with van der Waals surface area (Å²) < 4.78 is 2.12. The maximum absolute atomic E-state index is 9.01. The molecule has 0 aliphatic rings. The molecule has 0 radical (unpaired) electrons. The lowest BCUT2D eigenvalue weighted by Crippen LogP contribution is -2.01. The Balaban J connectivity index is 2.20. The lowest BCUT2D eigenvalue weighted by atomic mass is 10.2. The summed E-state index contributed by atoms with van der Waals surface area (Å²) in [6.07, 6.45) is 8.73. The van der Waals surface area contributed by atoms with Gasteiger partial charge in [0.2, 0.25) is 0 Å². The molecular formula is C12H19NO. The van der Waals surface area contributed by atoms with Crippen molar-refractivity contribution in [3.05, 3.63) is 36.7 Å². The molecule has 1 N–H and O–H groups in total. The van der Waals surface area contributed by atoms with Crippen molar-refractivity contribution in [2.45, 2.75) is 38.8 Å². The van der Waals surface area contributed by atoms with Crippen molar-refractivity contribution in [1.82, 2.24) is 4.57 Å². The monoisotopic (exact) mass is 193 g/mol. The van der Waals surface area contributed by atoms with Crippen LogP contribution in [0.25, 0.3) is 0 Å². The second-order valence-electron chi connectivity index (χ2n) is 3.49. The van der Waals surface area contributed by atoms with Crippen LogP contribution in [-0.2, 0) is 13.2 Å². The molecule has 0 bridgehead atoms. The van der Waals surface area contributed by atoms with Crippen LogP contribution in [0.2, 0.25) is 0 Å². The molecule has 0 unspecified atom stereocenters. The van der Waals surface area contributed by atoms with E-state index in [1.54, 1.807) is 0 Å². The molecule has 0 fully saturated rings. The first-order valence-electron chi connectivity index (χ1n) is 5.24. The molecular weight excluding hydrogens is 174 g/mol. The van der Waals surface area contributed by atoms with Crippen LogP contribution in [0, 0.1) is 0 Å². The predicted octanol–water partition coefficient (Wildman–Crippen LogP) is 2.73.